The van der Waals surface area contributed by atoms with Gasteiger partial charge in [0.2, 0.25) is 10.0 Å². The Morgan fingerprint density at radius 2 is 1.55 bits per heavy atom. The molecule has 0 saturated heterocycles. The Hall–Kier alpha value is -3.47. The van der Waals surface area contributed by atoms with E-state index in [4.69, 9.17) is 9.15 Å². The summed E-state index contributed by atoms with van der Waals surface area (Å²) in [6.45, 7) is 5.31. The molecule has 38 heavy (non-hydrogen) atoms. The number of furan rings is 1. The van der Waals surface area contributed by atoms with Gasteiger partial charge in [-0.3, -0.25) is 9.59 Å². The minimum absolute atomic E-state index is 0.0351. The van der Waals surface area contributed by atoms with E-state index in [9.17, 15) is 18.0 Å². The number of anilines is 1. The summed E-state index contributed by atoms with van der Waals surface area (Å²) in [6.07, 6.45) is 0. The van der Waals surface area contributed by atoms with E-state index in [2.05, 4.69) is 26.0 Å². The molecule has 0 aliphatic carbocycles. The van der Waals surface area contributed by atoms with Gasteiger partial charge in [0.15, 0.2) is 5.76 Å². The van der Waals surface area contributed by atoms with Gasteiger partial charge in [-0.15, -0.1) is 0 Å². The average Bonchev–Trinajstić information content (AvgIpc) is 3.23. The Kier molecular flexibility index (Phi) is 8.05. The fourth-order valence-corrected chi connectivity index (χ4v) is 5.68. The number of benzene rings is 3. The van der Waals surface area contributed by atoms with Crippen LogP contribution in [-0.4, -0.2) is 33.4 Å². The number of esters is 1. The number of sulfonamides is 1. The summed E-state index contributed by atoms with van der Waals surface area (Å²) in [5, 5.41) is 3.72. The van der Waals surface area contributed by atoms with Crippen LogP contribution in [0.5, 0.6) is 0 Å². The van der Waals surface area contributed by atoms with E-state index in [0.717, 1.165) is 26.5 Å². The van der Waals surface area contributed by atoms with Crippen molar-refractivity contribution in [3.8, 4) is 11.1 Å². The first-order chi connectivity index (χ1) is 18.0. The van der Waals surface area contributed by atoms with Crippen molar-refractivity contribution in [3.63, 3.8) is 0 Å². The molecule has 1 amide bonds. The molecule has 4 aromatic rings. The number of fused-ring (bicyclic) bond motifs is 1. The summed E-state index contributed by atoms with van der Waals surface area (Å²) in [5.41, 5.74) is 3.60. The van der Waals surface area contributed by atoms with Gasteiger partial charge in [-0.05, 0) is 66.4 Å². The lowest BCUT2D eigenvalue weighted by atomic mass is 10.1. The smallest absolute Gasteiger partial charge is 0.324 e. The molecular formula is C28H27BrN2O6S. The summed E-state index contributed by atoms with van der Waals surface area (Å²) in [6, 6.07) is 18.1. The monoisotopic (exact) mass is 598 g/mol. The predicted octanol–water partition coefficient (Wildman–Crippen LogP) is 5.90. The van der Waals surface area contributed by atoms with Gasteiger partial charge in [0, 0.05) is 21.1 Å². The van der Waals surface area contributed by atoms with E-state index in [1.807, 2.05) is 37.3 Å². The minimum Gasteiger partial charge on any atom is -0.468 e. The first-order valence-corrected chi connectivity index (χ1v) is 14.1. The van der Waals surface area contributed by atoms with E-state index in [-0.39, 0.29) is 22.5 Å². The third-order valence-corrected chi connectivity index (χ3v) is 8.10. The second-order valence-corrected chi connectivity index (χ2v) is 11.7. The van der Waals surface area contributed by atoms with E-state index in [1.165, 1.54) is 19.2 Å². The highest BCUT2D eigenvalue weighted by atomic mass is 79.9. The van der Waals surface area contributed by atoms with Crippen LogP contribution in [0.1, 0.15) is 30.0 Å². The molecule has 0 fully saturated rings. The number of halogens is 1. The van der Waals surface area contributed by atoms with Crippen LogP contribution in [0.4, 0.5) is 5.69 Å². The molecule has 1 atom stereocenters. The fourth-order valence-electron chi connectivity index (χ4n) is 3.99. The van der Waals surface area contributed by atoms with Crippen molar-refractivity contribution in [2.75, 3.05) is 12.4 Å². The molecule has 2 N–H and O–H groups in total. The Labute approximate surface area is 229 Å². The summed E-state index contributed by atoms with van der Waals surface area (Å²) < 4.78 is 39.4. The molecule has 1 aromatic heterocycles. The third kappa shape index (κ3) is 5.82. The van der Waals surface area contributed by atoms with Crippen molar-refractivity contribution >= 4 is 54.5 Å². The molecule has 0 bridgehead atoms. The lowest BCUT2D eigenvalue weighted by Crippen LogP contribution is -2.44. The third-order valence-electron chi connectivity index (χ3n) is 6.15. The highest BCUT2D eigenvalue weighted by Gasteiger charge is 2.29. The Bertz CT molecular complexity index is 1590. The molecule has 8 nitrogen and oxygen atoms in total. The van der Waals surface area contributed by atoms with Gasteiger partial charge in [0.05, 0.1) is 12.0 Å². The van der Waals surface area contributed by atoms with Gasteiger partial charge in [-0.1, -0.05) is 54.0 Å². The zero-order chi connectivity index (χ0) is 27.6. The maximum atomic E-state index is 12.8. The van der Waals surface area contributed by atoms with Gasteiger partial charge in [0.1, 0.15) is 11.6 Å². The van der Waals surface area contributed by atoms with Gasteiger partial charge in [-0.25, -0.2) is 8.42 Å². The van der Waals surface area contributed by atoms with Crippen LogP contribution >= 0.6 is 15.9 Å². The Balaban J connectivity index is 1.47. The van der Waals surface area contributed by atoms with Gasteiger partial charge < -0.3 is 14.5 Å². The standard InChI is InChI=1S/C28H27BrN2O6S/c1-16(2)25(28(33)36-4)31-38(34,35)22-12-7-19(8-13-22)18-5-10-21(11-6-18)30-27(32)26-17(3)23-15-20(29)9-14-24(23)37-26/h5-16,25,31H,1-4H3,(H,30,32)/t25-/m0/s1. The normalized spacial score (nSPS) is 12.5. The maximum absolute atomic E-state index is 12.8. The van der Waals surface area contributed by atoms with Gasteiger partial charge >= 0.3 is 5.97 Å². The lowest BCUT2D eigenvalue weighted by Gasteiger charge is -2.19. The maximum Gasteiger partial charge on any atom is 0.324 e. The minimum atomic E-state index is -3.93. The number of carbonyl (C=O) groups is 2. The molecular weight excluding hydrogens is 572 g/mol. The number of amides is 1. The quantitative estimate of drug-likeness (QED) is 0.244. The second-order valence-electron chi connectivity index (χ2n) is 9.12. The first-order valence-electron chi connectivity index (χ1n) is 11.8. The number of carbonyl (C=O) groups excluding carboxylic acids is 2. The lowest BCUT2D eigenvalue weighted by molar-refractivity contribution is -0.143. The summed E-state index contributed by atoms with van der Waals surface area (Å²) in [4.78, 5) is 24.8. The molecule has 10 heteroatoms. The SMILES string of the molecule is COC(=O)[C@@H](NS(=O)(=O)c1ccc(-c2ccc(NC(=O)c3oc4ccc(Br)cc4c3C)cc2)cc1)C(C)C. The number of hydrogen-bond acceptors (Lipinski definition) is 6. The van der Waals surface area contributed by atoms with Crippen molar-refractivity contribution in [2.24, 2.45) is 5.92 Å². The van der Waals surface area contributed by atoms with Crippen LogP contribution in [0, 0.1) is 12.8 Å². The van der Waals surface area contributed by atoms with Crippen LogP contribution in [0.2, 0.25) is 0 Å². The number of methoxy groups -OCH3 is 1. The predicted molar refractivity (Wildman–Crippen MR) is 149 cm³/mol. The van der Waals surface area contributed by atoms with E-state index < -0.39 is 22.0 Å². The molecule has 0 aliphatic heterocycles. The average molecular weight is 600 g/mol. The number of hydrogen-bond donors (Lipinski definition) is 2. The summed E-state index contributed by atoms with van der Waals surface area (Å²) in [5.74, 6) is -1.03. The number of nitrogens with one attached hydrogen (secondary N) is 2. The van der Waals surface area contributed by atoms with Crippen molar-refractivity contribution in [3.05, 3.63) is 82.5 Å². The molecule has 0 spiro atoms. The molecule has 4 rings (SSSR count). The largest absolute Gasteiger partial charge is 0.468 e. The van der Waals surface area contributed by atoms with Crippen LogP contribution in [0.15, 0.2) is 80.5 Å². The zero-order valence-electron chi connectivity index (χ0n) is 21.2. The summed E-state index contributed by atoms with van der Waals surface area (Å²) >= 11 is 3.44. The number of aryl methyl sites for hydroxylation is 1. The van der Waals surface area contributed by atoms with Gasteiger partial charge in [0.25, 0.3) is 5.91 Å². The molecule has 3 aromatic carbocycles. The highest BCUT2D eigenvalue weighted by molar-refractivity contribution is 9.10. The number of rotatable bonds is 8. The molecule has 0 radical (unpaired) electrons. The van der Waals surface area contributed by atoms with Crippen molar-refractivity contribution in [1.82, 2.24) is 4.72 Å². The van der Waals surface area contributed by atoms with Gasteiger partial charge in [-0.2, -0.15) is 4.72 Å². The summed E-state index contributed by atoms with van der Waals surface area (Å²) in [7, 11) is -2.71. The fraction of sp³-hybridized carbons (Fsp3) is 0.214. The highest BCUT2D eigenvalue weighted by Crippen LogP contribution is 2.29. The topological polar surface area (TPSA) is 115 Å². The van der Waals surface area contributed by atoms with E-state index in [1.54, 1.807) is 38.1 Å². The van der Waals surface area contributed by atoms with Crippen molar-refractivity contribution in [2.45, 2.75) is 31.7 Å². The van der Waals surface area contributed by atoms with Crippen LogP contribution in [0.25, 0.3) is 22.1 Å². The second kappa shape index (κ2) is 11.1. The first kappa shape index (κ1) is 27.6. The number of ether oxygens (including phenoxy) is 1. The molecule has 0 saturated carbocycles. The Morgan fingerprint density at radius 1 is 0.947 bits per heavy atom. The molecule has 1 heterocycles. The molecule has 0 aliphatic rings. The van der Waals surface area contributed by atoms with Crippen molar-refractivity contribution in [1.29, 1.82) is 0 Å². The van der Waals surface area contributed by atoms with E-state index in [0.29, 0.717) is 11.3 Å². The van der Waals surface area contributed by atoms with E-state index >= 15 is 0 Å². The zero-order valence-corrected chi connectivity index (χ0v) is 23.6. The van der Waals surface area contributed by atoms with Crippen LogP contribution in [-0.2, 0) is 19.6 Å². The van der Waals surface area contributed by atoms with Crippen molar-refractivity contribution < 1.29 is 27.2 Å². The van der Waals surface area contributed by atoms with Crippen LogP contribution < -0.4 is 10.0 Å². The van der Waals surface area contributed by atoms with Crippen LogP contribution in [0.3, 0.4) is 0 Å². The molecule has 198 valence electrons. The Morgan fingerprint density at radius 3 is 2.13 bits per heavy atom. The molecule has 0 unspecified atom stereocenters.